The molecule has 0 aromatic heterocycles. The van der Waals surface area contributed by atoms with Crippen molar-refractivity contribution in [2.75, 3.05) is 6.26 Å². The Morgan fingerprint density at radius 3 is 2.30 bits per heavy atom. The zero-order valence-corrected chi connectivity index (χ0v) is 14.4. The Bertz CT molecular complexity index is 789. The molecule has 0 heterocycles. The van der Waals surface area contributed by atoms with Gasteiger partial charge in [-0.25, -0.2) is 8.42 Å². The van der Waals surface area contributed by atoms with Crippen molar-refractivity contribution < 1.29 is 22.8 Å². The van der Waals surface area contributed by atoms with Crippen molar-refractivity contribution in [1.29, 1.82) is 0 Å². The molecule has 0 N–H and O–H groups in total. The molecule has 0 radical (unpaired) electrons. The van der Waals surface area contributed by atoms with Crippen molar-refractivity contribution in [3.8, 4) is 0 Å². The summed E-state index contributed by atoms with van der Waals surface area (Å²) in [5.41, 5.74) is -0.875. The molecular formula is C17H20O5S. The minimum Gasteiger partial charge on any atom is -0.298 e. The molecule has 1 aliphatic rings. The molecule has 0 bridgehead atoms. The number of carbonyl (C=O) groups excluding carboxylic acids is 3. The molecule has 124 valence electrons. The lowest BCUT2D eigenvalue weighted by molar-refractivity contribution is -0.143. The van der Waals surface area contributed by atoms with Gasteiger partial charge in [0.25, 0.3) is 0 Å². The lowest BCUT2D eigenvalue weighted by Gasteiger charge is -2.35. The SMILES string of the molecule is CC1CC(C)(C)C(=O)C(C(=O)c2ccccc2S(C)(=O)=O)C1=O. The van der Waals surface area contributed by atoms with Gasteiger partial charge >= 0.3 is 0 Å². The largest absolute Gasteiger partial charge is 0.298 e. The lowest BCUT2D eigenvalue weighted by atomic mass is 9.64. The average Bonchev–Trinajstić information content (AvgIpc) is 2.44. The van der Waals surface area contributed by atoms with E-state index in [1.54, 1.807) is 20.8 Å². The number of Topliss-reactive ketones (excluding diaryl/α,β-unsaturated/α-hetero) is 3. The molecule has 1 saturated carbocycles. The molecule has 0 amide bonds. The van der Waals surface area contributed by atoms with Gasteiger partial charge < -0.3 is 0 Å². The van der Waals surface area contributed by atoms with Crippen LogP contribution in [0.2, 0.25) is 0 Å². The van der Waals surface area contributed by atoms with Crippen LogP contribution in [0.15, 0.2) is 29.2 Å². The zero-order chi connectivity index (χ0) is 17.6. The third-order valence-corrected chi connectivity index (χ3v) is 5.49. The summed E-state index contributed by atoms with van der Waals surface area (Å²) in [4.78, 5) is 37.7. The van der Waals surface area contributed by atoms with Crippen LogP contribution in [0, 0.1) is 17.3 Å². The first-order valence-electron chi connectivity index (χ1n) is 7.38. The maximum Gasteiger partial charge on any atom is 0.182 e. The van der Waals surface area contributed by atoms with Crippen LogP contribution in [-0.2, 0) is 19.4 Å². The van der Waals surface area contributed by atoms with Crippen molar-refractivity contribution in [3.63, 3.8) is 0 Å². The van der Waals surface area contributed by atoms with Crippen LogP contribution in [-0.4, -0.2) is 32.0 Å². The molecule has 2 rings (SSSR count). The monoisotopic (exact) mass is 336 g/mol. The minimum absolute atomic E-state index is 0.0911. The molecule has 1 fully saturated rings. The van der Waals surface area contributed by atoms with Crippen LogP contribution in [0.1, 0.15) is 37.6 Å². The highest BCUT2D eigenvalue weighted by Gasteiger charge is 2.49. The fourth-order valence-corrected chi connectivity index (χ4v) is 4.06. The van der Waals surface area contributed by atoms with Gasteiger partial charge in [-0.15, -0.1) is 0 Å². The van der Waals surface area contributed by atoms with E-state index >= 15 is 0 Å². The third-order valence-electron chi connectivity index (χ3n) is 4.33. The number of benzene rings is 1. The van der Waals surface area contributed by atoms with Crippen LogP contribution in [0.25, 0.3) is 0 Å². The van der Waals surface area contributed by atoms with Gasteiger partial charge in [0.15, 0.2) is 27.2 Å². The number of hydrogen-bond donors (Lipinski definition) is 0. The normalized spacial score (nSPS) is 24.5. The number of hydrogen-bond acceptors (Lipinski definition) is 5. The summed E-state index contributed by atoms with van der Waals surface area (Å²) < 4.78 is 23.7. The third kappa shape index (κ3) is 3.13. The van der Waals surface area contributed by atoms with Crippen molar-refractivity contribution >= 4 is 27.2 Å². The molecule has 5 nitrogen and oxygen atoms in total. The molecule has 2 atom stereocenters. The maximum atomic E-state index is 12.8. The van der Waals surface area contributed by atoms with Crippen molar-refractivity contribution in [3.05, 3.63) is 29.8 Å². The highest BCUT2D eigenvalue weighted by Crippen LogP contribution is 2.38. The Morgan fingerprint density at radius 2 is 1.74 bits per heavy atom. The Balaban J connectivity index is 2.56. The molecule has 1 aromatic carbocycles. The van der Waals surface area contributed by atoms with E-state index in [-0.39, 0.29) is 10.5 Å². The number of ketones is 3. The van der Waals surface area contributed by atoms with E-state index in [1.807, 2.05) is 0 Å². The summed E-state index contributed by atoms with van der Waals surface area (Å²) in [7, 11) is -3.64. The first-order valence-corrected chi connectivity index (χ1v) is 9.27. The molecule has 23 heavy (non-hydrogen) atoms. The summed E-state index contributed by atoms with van der Waals surface area (Å²) >= 11 is 0. The Labute approximate surface area is 136 Å². The van der Waals surface area contributed by atoms with E-state index in [4.69, 9.17) is 0 Å². The first kappa shape index (κ1) is 17.5. The van der Waals surface area contributed by atoms with Crippen LogP contribution in [0.4, 0.5) is 0 Å². The Morgan fingerprint density at radius 1 is 1.17 bits per heavy atom. The van der Waals surface area contributed by atoms with Gasteiger partial charge in [0, 0.05) is 23.2 Å². The Kier molecular flexibility index (Phi) is 4.32. The molecule has 0 spiro atoms. The topological polar surface area (TPSA) is 85.3 Å². The van der Waals surface area contributed by atoms with E-state index in [2.05, 4.69) is 0 Å². The van der Waals surface area contributed by atoms with Gasteiger partial charge in [0.05, 0.1) is 4.90 Å². The van der Waals surface area contributed by atoms with Gasteiger partial charge in [-0.1, -0.05) is 39.0 Å². The zero-order valence-electron chi connectivity index (χ0n) is 13.6. The maximum absolute atomic E-state index is 12.8. The van der Waals surface area contributed by atoms with Gasteiger partial charge in [-0.05, 0) is 12.5 Å². The summed E-state index contributed by atoms with van der Waals surface area (Å²) in [6.45, 7) is 5.11. The highest BCUT2D eigenvalue weighted by atomic mass is 32.2. The second-order valence-electron chi connectivity index (χ2n) is 6.82. The van der Waals surface area contributed by atoms with Gasteiger partial charge in [0.1, 0.15) is 5.92 Å². The molecule has 6 heteroatoms. The average molecular weight is 336 g/mol. The predicted molar refractivity (Wildman–Crippen MR) is 84.9 cm³/mol. The summed E-state index contributed by atoms with van der Waals surface area (Å²) in [5.74, 6) is -3.42. The standard InChI is InChI=1S/C17H20O5S/c1-10-9-17(2,3)16(20)13(14(10)18)15(19)11-7-5-6-8-12(11)23(4,21)22/h5-8,10,13H,9H2,1-4H3. The van der Waals surface area contributed by atoms with E-state index < -0.39 is 44.4 Å². The summed E-state index contributed by atoms with van der Waals surface area (Å²) in [5, 5.41) is 0. The second kappa shape index (κ2) is 5.67. The van der Waals surface area contributed by atoms with Crippen LogP contribution >= 0.6 is 0 Å². The first-order chi connectivity index (χ1) is 10.5. The van der Waals surface area contributed by atoms with Crippen molar-refractivity contribution in [1.82, 2.24) is 0 Å². The van der Waals surface area contributed by atoms with Gasteiger partial charge in [-0.3, -0.25) is 14.4 Å². The molecule has 2 unspecified atom stereocenters. The van der Waals surface area contributed by atoms with Crippen LogP contribution < -0.4 is 0 Å². The number of carbonyl (C=O) groups is 3. The Hall–Kier alpha value is -1.82. The van der Waals surface area contributed by atoms with E-state index in [0.717, 1.165) is 6.26 Å². The predicted octanol–water partition coefficient (Wildman–Crippen LogP) is 2.09. The van der Waals surface area contributed by atoms with Crippen molar-refractivity contribution in [2.24, 2.45) is 17.3 Å². The van der Waals surface area contributed by atoms with Crippen molar-refractivity contribution in [2.45, 2.75) is 32.1 Å². The highest BCUT2D eigenvalue weighted by molar-refractivity contribution is 7.90. The smallest absolute Gasteiger partial charge is 0.182 e. The quantitative estimate of drug-likeness (QED) is 0.623. The van der Waals surface area contributed by atoms with Gasteiger partial charge in [-0.2, -0.15) is 0 Å². The van der Waals surface area contributed by atoms with Gasteiger partial charge in [0.2, 0.25) is 0 Å². The van der Waals surface area contributed by atoms with Crippen LogP contribution in [0.5, 0.6) is 0 Å². The summed E-state index contributed by atoms with van der Waals surface area (Å²) in [6, 6.07) is 5.69. The van der Waals surface area contributed by atoms with E-state index in [0.29, 0.717) is 6.42 Å². The number of sulfone groups is 1. The van der Waals surface area contributed by atoms with E-state index in [1.165, 1.54) is 24.3 Å². The lowest BCUT2D eigenvalue weighted by Crippen LogP contribution is -2.48. The molecule has 1 aromatic rings. The number of rotatable bonds is 3. The van der Waals surface area contributed by atoms with Crippen LogP contribution in [0.3, 0.4) is 0 Å². The molecule has 1 aliphatic carbocycles. The second-order valence-corrected chi connectivity index (χ2v) is 8.81. The molecular weight excluding hydrogens is 316 g/mol. The fourth-order valence-electron chi connectivity index (χ4n) is 3.17. The fraction of sp³-hybridized carbons (Fsp3) is 0.471. The molecule has 0 aliphatic heterocycles. The summed E-state index contributed by atoms with van der Waals surface area (Å²) in [6.07, 6.45) is 1.39. The molecule has 0 saturated heterocycles. The van der Waals surface area contributed by atoms with E-state index in [9.17, 15) is 22.8 Å². The minimum atomic E-state index is -3.64.